The van der Waals surface area contributed by atoms with E-state index in [0.717, 1.165) is 24.8 Å². The van der Waals surface area contributed by atoms with Crippen molar-refractivity contribution >= 4 is 0 Å². The second-order valence-electron chi connectivity index (χ2n) is 8.97. The van der Waals surface area contributed by atoms with Crippen molar-refractivity contribution in [1.29, 1.82) is 0 Å². The zero-order chi connectivity index (χ0) is 22.5. The summed E-state index contributed by atoms with van der Waals surface area (Å²) in [6.45, 7) is 4.51. The summed E-state index contributed by atoms with van der Waals surface area (Å²) in [5.74, 6) is -1.13. The molecule has 1 aliphatic rings. The summed E-state index contributed by atoms with van der Waals surface area (Å²) < 4.78 is 34.4. The molecule has 1 nitrogen and oxygen atoms in total. The van der Waals surface area contributed by atoms with Crippen LogP contribution >= 0.6 is 0 Å². The summed E-state index contributed by atoms with van der Waals surface area (Å²) in [7, 11) is 0. The largest absolute Gasteiger partial charge is 0.373 e. The van der Waals surface area contributed by atoms with Crippen LogP contribution in [0.5, 0.6) is 0 Å². The number of hydrogen-bond acceptors (Lipinski definition) is 1. The number of ether oxygens (including phenoxy) is 1. The minimum atomic E-state index is -0.786. The molecule has 168 valence electrons. The molecule has 1 saturated heterocycles. The Hall–Kier alpha value is -2.52. The molecule has 1 heterocycles. The molecule has 0 amide bonds. The average molecular weight is 435 g/mol. The van der Waals surface area contributed by atoms with Gasteiger partial charge in [0.05, 0.1) is 12.7 Å². The lowest BCUT2D eigenvalue weighted by molar-refractivity contribution is 0.00238. The van der Waals surface area contributed by atoms with E-state index < -0.39 is 11.6 Å². The number of aryl methyl sites for hydroxylation is 2. The molecule has 3 aromatic rings. The van der Waals surface area contributed by atoms with Crippen molar-refractivity contribution in [2.24, 2.45) is 0 Å². The molecule has 2 unspecified atom stereocenters. The molecule has 32 heavy (non-hydrogen) atoms. The molecule has 0 N–H and O–H groups in total. The number of hydrogen-bond donors (Lipinski definition) is 0. The van der Waals surface area contributed by atoms with Gasteiger partial charge >= 0.3 is 0 Å². The predicted molar refractivity (Wildman–Crippen MR) is 127 cm³/mol. The minimum Gasteiger partial charge on any atom is -0.373 e. The van der Waals surface area contributed by atoms with Crippen molar-refractivity contribution in [1.82, 2.24) is 0 Å². The van der Waals surface area contributed by atoms with E-state index in [1.54, 1.807) is 19.1 Å². The van der Waals surface area contributed by atoms with Crippen LogP contribution in [0.3, 0.4) is 0 Å². The van der Waals surface area contributed by atoms with E-state index in [9.17, 15) is 8.78 Å². The summed E-state index contributed by atoms with van der Waals surface area (Å²) in [5, 5.41) is 0. The van der Waals surface area contributed by atoms with Gasteiger partial charge in [0, 0.05) is 11.5 Å². The molecule has 0 saturated carbocycles. The Morgan fingerprint density at radius 3 is 2.19 bits per heavy atom. The topological polar surface area (TPSA) is 9.23 Å². The molecule has 1 fully saturated rings. The smallest absolute Gasteiger partial charge is 0.166 e. The Kier molecular flexibility index (Phi) is 7.36. The molecule has 0 spiro atoms. The maximum atomic E-state index is 14.3. The van der Waals surface area contributed by atoms with Gasteiger partial charge in [-0.1, -0.05) is 80.4 Å². The van der Waals surface area contributed by atoms with Gasteiger partial charge in [-0.15, -0.1) is 0 Å². The molecule has 2 atom stereocenters. The fourth-order valence-corrected chi connectivity index (χ4v) is 4.56. The molecule has 0 radical (unpaired) electrons. The molecule has 1 aliphatic heterocycles. The van der Waals surface area contributed by atoms with Gasteiger partial charge in [0.15, 0.2) is 11.6 Å². The average Bonchev–Trinajstić information content (AvgIpc) is 2.84. The van der Waals surface area contributed by atoms with Crippen LogP contribution < -0.4 is 0 Å². The normalized spacial score (nSPS) is 18.6. The van der Waals surface area contributed by atoms with E-state index >= 15 is 0 Å². The Balaban J connectivity index is 1.36. The van der Waals surface area contributed by atoms with Gasteiger partial charge in [-0.05, 0) is 60.4 Å². The fourth-order valence-electron chi connectivity index (χ4n) is 4.56. The molecule has 0 aliphatic carbocycles. The molecule has 0 aromatic heterocycles. The number of unbranched alkanes of at least 4 members (excludes halogenated alkanes) is 2. The number of rotatable bonds is 7. The Bertz CT molecular complexity index is 1020. The Labute approximate surface area is 190 Å². The van der Waals surface area contributed by atoms with E-state index in [1.165, 1.54) is 30.4 Å². The first kappa shape index (κ1) is 22.7. The van der Waals surface area contributed by atoms with Gasteiger partial charge in [-0.3, -0.25) is 0 Å². The molecular weight excluding hydrogens is 402 g/mol. The molecular formula is C29H32F2O. The Morgan fingerprint density at radius 1 is 0.812 bits per heavy atom. The summed E-state index contributed by atoms with van der Waals surface area (Å²) in [4.78, 5) is 0. The van der Waals surface area contributed by atoms with Crippen LogP contribution in [0.2, 0.25) is 0 Å². The fraction of sp³-hybridized carbons (Fsp3) is 0.379. The van der Waals surface area contributed by atoms with E-state index in [4.69, 9.17) is 4.74 Å². The third-order valence-electron chi connectivity index (χ3n) is 6.66. The van der Waals surface area contributed by atoms with Crippen molar-refractivity contribution in [3.8, 4) is 11.1 Å². The monoisotopic (exact) mass is 434 g/mol. The van der Waals surface area contributed by atoms with Crippen LogP contribution in [-0.4, -0.2) is 6.61 Å². The highest BCUT2D eigenvalue weighted by atomic mass is 19.2. The van der Waals surface area contributed by atoms with Crippen molar-refractivity contribution in [2.75, 3.05) is 6.61 Å². The quantitative estimate of drug-likeness (QED) is 0.340. The van der Waals surface area contributed by atoms with Crippen LogP contribution in [-0.2, 0) is 11.2 Å². The number of benzene rings is 3. The minimum absolute atomic E-state index is 0.0493. The molecule has 4 rings (SSSR count). The summed E-state index contributed by atoms with van der Waals surface area (Å²) in [6.07, 6.45) is 7.05. The standard InChI is InChI=1S/C29H32F2O/c1-3-4-5-6-21-8-10-22(11-9-21)25-16-18-27(32-19-25)24-14-12-23(13-15-24)26-17-7-20(2)28(30)29(26)31/h7-15,17,25,27H,3-6,16,18-19H2,1-2H3. The van der Waals surface area contributed by atoms with Crippen LogP contribution in [0.15, 0.2) is 60.7 Å². The zero-order valence-electron chi connectivity index (χ0n) is 19.0. The Morgan fingerprint density at radius 2 is 1.53 bits per heavy atom. The second-order valence-corrected chi connectivity index (χ2v) is 8.97. The van der Waals surface area contributed by atoms with Crippen molar-refractivity contribution in [2.45, 2.75) is 64.4 Å². The molecule has 3 aromatic carbocycles. The van der Waals surface area contributed by atoms with Gasteiger partial charge < -0.3 is 4.74 Å². The number of halogens is 2. The SMILES string of the molecule is CCCCCc1ccc(C2CCC(c3ccc(-c4ccc(C)c(F)c4F)cc3)OC2)cc1. The summed E-state index contributed by atoms with van der Waals surface area (Å²) in [6, 6.07) is 20.0. The first-order valence-electron chi connectivity index (χ1n) is 11.8. The van der Waals surface area contributed by atoms with E-state index in [-0.39, 0.29) is 6.10 Å². The van der Waals surface area contributed by atoms with Crippen molar-refractivity contribution in [3.63, 3.8) is 0 Å². The van der Waals surface area contributed by atoms with Crippen LogP contribution in [0.25, 0.3) is 11.1 Å². The van der Waals surface area contributed by atoms with E-state index in [2.05, 4.69) is 31.2 Å². The molecule has 0 bridgehead atoms. The lowest BCUT2D eigenvalue weighted by Crippen LogP contribution is -2.19. The highest BCUT2D eigenvalue weighted by Crippen LogP contribution is 2.36. The van der Waals surface area contributed by atoms with Gasteiger partial charge in [0.2, 0.25) is 0 Å². The lowest BCUT2D eigenvalue weighted by Gasteiger charge is -2.30. The summed E-state index contributed by atoms with van der Waals surface area (Å²) >= 11 is 0. The maximum Gasteiger partial charge on any atom is 0.166 e. The second kappa shape index (κ2) is 10.4. The summed E-state index contributed by atoms with van der Waals surface area (Å²) in [5.41, 5.74) is 5.16. The van der Waals surface area contributed by atoms with Gasteiger partial charge in [0.1, 0.15) is 0 Å². The first-order valence-corrected chi connectivity index (χ1v) is 11.8. The first-order chi connectivity index (χ1) is 15.6. The third kappa shape index (κ3) is 5.10. The van der Waals surface area contributed by atoms with Crippen molar-refractivity contribution in [3.05, 3.63) is 94.6 Å². The van der Waals surface area contributed by atoms with E-state index in [0.29, 0.717) is 29.2 Å². The maximum absolute atomic E-state index is 14.3. The third-order valence-corrected chi connectivity index (χ3v) is 6.66. The van der Waals surface area contributed by atoms with Gasteiger partial charge in [-0.25, -0.2) is 8.78 Å². The lowest BCUT2D eigenvalue weighted by atomic mass is 9.88. The molecule has 3 heteroatoms. The van der Waals surface area contributed by atoms with Gasteiger partial charge in [0.25, 0.3) is 0 Å². The predicted octanol–water partition coefficient (Wildman–Crippen LogP) is 8.31. The van der Waals surface area contributed by atoms with Crippen LogP contribution in [0.1, 0.15) is 73.3 Å². The van der Waals surface area contributed by atoms with E-state index in [1.807, 2.05) is 24.3 Å². The zero-order valence-corrected chi connectivity index (χ0v) is 19.0. The van der Waals surface area contributed by atoms with Crippen molar-refractivity contribution < 1.29 is 13.5 Å². The van der Waals surface area contributed by atoms with Crippen LogP contribution in [0, 0.1) is 18.6 Å². The van der Waals surface area contributed by atoms with Gasteiger partial charge in [-0.2, -0.15) is 0 Å². The highest BCUT2D eigenvalue weighted by Gasteiger charge is 2.24. The highest BCUT2D eigenvalue weighted by molar-refractivity contribution is 5.65. The van der Waals surface area contributed by atoms with Crippen LogP contribution in [0.4, 0.5) is 8.78 Å².